The van der Waals surface area contributed by atoms with E-state index in [0.717, 1.165) is 12.3 Å². The molecule has 1 aliphatic heterocycles. The molecular weight excluding hydrogens is 385 g/mol. The van der Waals surface area contributed by atoms with Crippen molar-refractivity contribution in [3.05, 3.63) is 41.6 Å². The van der Waals surface area contributed by atoms with Gasteiger partial charge in [0.15, 0.2) is 0 Å². The Labute approximate surface area is 165 Å². The van der Waals surface area contributed by atoms with Gasteiger partial charge in [-0.05, 0) is 36.6 Å². The molecule has 0 saturated carbocycles. The summed E-state index contributed by atoms with van der Waals surface area (Å²) in [7, 11) is 1.44. The van der Waals surface area contributed by atoms with Gasteiger partial charge in [-0.15, -0.1) is 0 Å². The van der Waals surface area contributed by atoms with Crippen LogP contribution in [0.2, 0.25) is 0 Å². The first kappa shape index (κ1) is 20.6. The van der Waals surface area contributed by atoms with Crippen molar-refractivity contribution in [1.82, 2.24) is 14.8 Å². The zero-order chi connectivity index (χ0) is 21.3. The SMILES string of the molecule is CC1CC(C#N)N(C(=O)CN(C)C(=O)c2ccc3ncc(C(F)(F)F)cc3c2)C1. The Hall–Kier alpha value is -3.15. The topological polar surface area (TPSA) is 77.3 Å². The van der Waals surface area contributed by atoms with Crippen LogP contribution < -0.4 is 0 Å². The second-order valence-corrected chi connectivity index (χ2v) is 7.32. The lowest BCUT2D eigenvalue weighted by Gasteiger charge is -2.24. The number of rotatable bonds is 3. The van der Waals surface area contributed by atoms with Gasteiger partial charge in [0, 0.05) is 30.7 Å². The van der Waals surface area contributed by atoms with Crippen molar-refractivity contribution in [3.63, 3.8) is 0 Å². The standard InChI is InChI=1S/C20H19F3N4O2/c1-12-5-16(8-24)27(10-12)18(28)11-26(2)19(29)13-3-4-17-14(6-13)7-15(9-25-17)20(21,22)23/h3-4,6-7,9,12,16H,5,10-11H2,1-2H3. The average Bonchev–Trinajstić information content (AvgIpc) is 3.06. The number of fused-ring (bicyclic) bond motifs is 1. The quantitative estimate of drug-likeness (QED) is 0.788. The number of carbonyl (C=O) groups is 2. The van der Waals surface area contributed by atoms with Crippen molar-refractivity contribution < 1.29 is 22.8 Å². The summed E-state index contributed by atoms with van der Waals surface area (Å²) in [6, 6.07) is 6.79. The van der Waals surface area contributed by atoms with Crippen LogP contribution in [0.5, 0.6) is 0 Å². The van der Waals surface area contributed by atoms with Gasteiger partial charge in [0.05, 0.1) is 23.7 Å². The fourth-order valence-electron chi connectivity index (χ4n) is 3.45. The highest BCUT2D eigenvalue weighted by Gasteiger charge is 2.34. The lowest BCUT2D eigenvalue weighted by atomic mass is 10.1. The summed E-state index contributed by atoms with van der Waals surface area (Å²) in [6.07, 6.45) is -3.19. The fraction of sp³-hybridized carbons (Fsp3) is 0.400. The lowest BCUT2D eigenvalue weighted by Crippen LogP contribution is -2.43. The van der Waals surface area contributed by atoms with Crippen molar-refractivity contribution in [2.24, 2.45) is 5.92 Å². The van der Waals surface area contributed by atoms with Crippen LogP contribution in [-0.4, -0.2) is 52.8 Å². The number of likely N-dealkylation sites (N-methyl/N-ethyl adjacent to an activating group) is 1. The highest BCUT2D eigenvalue weighted by atomic mass is 19.4. The molecule has 6 nitrogen and oxygen atoms in total. The Kier molecular flexibility index (Phi) is 5.46. The Morgan fingerprint density at radius 1 is 1.34 bits per heavy atom. The van der Waals surface area contributed by atoms with Gasteiger partial charge in [-0.1, -0.05) is 6.92 Å². The summed E-state index contributed by atoms with van der Waals surface area (Å²) >= 11 is 0. The minimum absolute atomic E-state index is 0.153. The summed E-state index contributed by atoms with van der Waals surface area (Å²) in [5.41, 5.74) is -0.416. The van der Waals surface area contributed by atoms with Gasteiger partial charge in [-0.3, -0.25) is 14.6 Å². The number of hydrogen-bond donors (Lipinski definition) is 0. The number of pyridine rings is 1. The second kappa shape index (κ2) is 7.70. The molecule has 1 saturated heterocycles. The number of nitrogens with zero attached hydrogens (tertiary/aromatic N) is 4. The third kappa shape index (κ3) is 4.31. The van der Waals surface area contributed by atoms with E-state index in [1.165, 1.54) is 35.0 Å². The first-order chi connectivity index (χ1) is 13.6. The van der Waals surface area contributed by atoms with Gasteiger partial charge in [0.1, 0.15) is 6.04 Å². The number of nitriles is 1. The molecule has 2 heterocycles. The highest BCUT2D eigenvalue weighted by Crippen LogP contribution is 2.30. The molecule has 0 radical (unpaired) electrons. The molecule has 2 amide bonds. The fourth-order valence-corrected chi connectivity index (χ4v) is 3.45. The van der Waals surface area contributed by atoms with Crippen LogP contribution in [0, 0.1) is 17.2 Å². The van der Waals surface area contributed by atoms with Crippen LogP contribution in [-0.2, 0) is 11.0 Å². The van der Waals surface area contributed by atoms with E-state index in [-0.39, 0.29) is 29.3 Å². The predicted molar refractivity (Wildman–Crippen MR) is 98.6 cm³/mol. The minimum atomic E-state index is -4.53. The first-order valence-corrected chi connectivity index (χ1v) is 9.01. The molecule has 152 valence electrons. The maximum absolute atomic E-state index is 12.9. The van der Waals surface area contributed by atoms with E-state index >= 15 is 0 Å². The molecule has 0 N–H and O–H groups in total. The molecule has 1 aromatic heterocycles. The van der Waals surface area contributed by atoms with Gasteiger partial charge in [0.25, 0.3) is 5.91 Å². The molecule has 9 heteroatoms. The van der Waals surface area contributed by atoms with Gasteiger partial charge >= 0.3 is 6.18 Å². The van der Waals surface area contributed by atoms with Crippen molar-refractivity contribution in [2.45, 2.75) is 25.6 Å². The van der Waals surface area contributed by atoms with E-state index in [4.69, 9.17) is 0 Å². The maximum atomic E-state index is 12.9. The molecule has 1 fully saturated rings. The van der Waals surface area contributed by atoms with Crippen molar-refractivity contribution >= 4 is 22.7 Å². The molecule has 0 spiro atoms. The first-order valence-electron chi connectivity index (χ1n) is 9.01. The van der Waals surface area contributed by atoms with E-state index in [9.17, 15) is 28.0 Å². The van der Waals surface area contributed by atoms with Crippen LogP contribution in [0.15, 0.2) is 30.5 Å². The van der Waals surface area contributed by atoms with E-state index in [1.54, 1.807) is 0 Å². The zero-order valence-corrected chi connectivity index (χ0v) is 15.9. The third-order valence-electron chi connectivity index (χ3n) is 4.95. The van der Waals surface area contributed by atoms with Crippen LogP contribution in [0.25, 0.3) is 10.9 Å². The molecule has 2 aromatic rings. The van der Waals surface area contributed by atoms with Crippen molar-refractivity contribution in [1.29, 1.82) is 5.26 Å². The molecular formula is C20H19F3N4O2. The predicted octanol–water partition coefficient (Wildman–Crippen LogP) is 3.09. The minimum Gasteiger partial charge on any atom is -0.332 e. The van der Waals surface area contributed by atoms with Gasteiger partial charge < -0.3 is 9.80 Å². The Morgan fingerprint density at radius 2 is 2.07 bits per heavy atom. The van der Waals surface area contributed by atoms with Crippen LogP contribution in [0.4, 0.5) is 13.2 Å². The Morgan fingerprint density at radius 3 is 2.72 bits per heavy atom. The largest absolute Gasteiger partial charge is 0.417 e. The van der Waals surface area contributed by atoms with Crippen LogP contribution in [0.3, 0.4) is 0 Å². The lowest BCUT2D eigenvalue weighted by molar-refractivity contribution is -0.137. The summed E-state index contributed by atoms with van der Waals surface area (Å²) in [5.74, 6) is -0.627. The number of halogens is 3. The molecule has 2 atom stereocenters. The maximum Gasteiger partial charge on any atom is 0.417 e. The van der Waals surface area contributed by atoms with E-state index < -0.39 is 23.7 Å². The monoisotopic (exact) mass is 404 g/mol. The number of aromatic nitrogens is 1. The van der Waals surface area contributed by atoms with Crippen molar-refractivity contribution in [2.75, 3.05) is 20.1 Å². The number of hydrogen-bond acceptors (Lipinski definition) is 4. The second-order valence-electron chi connectivity index (χ2n) is 7.32. The highest BCUT2D eigenvalue weighted by molar-refractivity contribution is 5.99. The van der Waals surface area contributed by atoms with E-state index in [0.29, 0.717) is 18.5 Å². The number of likely N-dealkylation sites (tertiary alicyclic amines) is 1. The molecule has 2 unspecified atom stereocenters. The number of carbonyl (C=O) groups excluding carboxylic acids is 2. The summed E-state index contributed by atoms with van der Waals surface area (Å²) in [6.45, 7) is 2.19. The van der Waals surface area contributed by atoms with E-state index in [2.05, 4.69) is 11.1 Å². The van der Waals surface area contributed by atoms with Crippen LogP contribution in [0.1, 0.15) is 29.3 Å². The van der Waals surface area contributed by atoms with Gasteiger partial charge in [-0.25, -0.2) is 0 Å². The summed E-state index contributed by atoms with van der Waals surface area (Å²) in [5, 5.41) is 9.38. The third-order valence-corrected chi connectivity index (χ3v) is 4.95. The number of alkyl halides is 3. The Bertz CT molecular complexity index is 999. The van der Waals surface area contributed by atoms with E-state index in [1.807, 2.05) is 6.92 Å². The summed E-state index contributed by atoms with van der Waals surface area (Å²) < 4.78 is 38.7. The van der Waals surface area contributed by atoms with Gasteiger partial charge in [-0.2, -0.15) is 18.4 Å². The molecule has 3 rings (SSSR count). The Balaban J connectivity index is 1.77. The van der Waals surface area contributed by atoms with Crippen molar-refractivity contribution in [3.8, 4) is 6.07 Å². The molecule has 0 aliphatic carbocycles. The molecule has 1 aromatic carbocycles. The number of amides is 2. The normalized spacial score (nSPS) is 19.2. The van der Waals surface area contributed by atoms with Crippen LogP contribution >= 0.6 is 0 Å². The number of benzene rings is 1. The zero-order valence-electron chi connectivity index (χ0n) is 15.9. The molecule has 0 bridgehead atoms. The average molecular weight is 404 g/mol. The molecule has 29 heavy (non-hydrogen) atoms. The summed E-state index contributed by atoms with van der Waals surface area (Å²) in [4.78, 5) is 31.6. The smallest absolute Gasteiger partial charge is 0.332 e. The van der Waals surface area contributed by atoms with Gasteiger partial charge in [0.2, 0.25) is 5.91 Å². The molecule has 1 aliphatic rings.